The second-order valence-electron chi connectivity index (χ2n) is 7.77. The van der Waals surface area contributed by atoms with Crippen LogP contribution in [0.2, 0.25) is 0 Å². The largest absolute Gasteiger partial charge is 0.444 e. The summed E-state index contributed by atoms with van der Waals surface area (Å²) in [6.45, 7) is 13.6. The summed E-state index contributed by atoms with van der Waals surface area (Å²) in [4.78, 5) is 26.5. The molecule has 4 heteroatoms. The van der Waals surface area contributed by atoms with E-state index in [0.29, 0.717) is 12.8 Å². The molecule has 1 rings (SSSR count). The van der Waals surface area contributed by atoms with Gasteiger partial charge < -0.3 is 4.74 Å². The minimum absolute atomic E-state index is 0.228. The summed E-state index contributed by atoms with van der Waals surface area (Å²) in [7, 11) is 0. The second-order valence-corrected chi connectivity index (χ2v) is 7.77. The smallest absolute Gasteiger partial charge is 0.411 e. The summed E-state index contributed by atoms with van der Waals surface area (Å²) in [6, 6.07) is 0. The molecule has 116 valence electrons. The third kappa shape index (κ3) is 3.74. The van der Waals surface area contributed by atoms with Crippen molar-refractivity contribution >= 4 is 11.9 Å². The highest BCUT2D eigenvalue weighted by molar-refractivity contribution is 5.85. The molecule has 1 aliphatic heterocycles. The summed E-state index contributed by atoms with van der Waals surface area (Å²) < 4.78 is 5.57. The van der Waals surface area contributed by atoms with Gasteiger partial charge in [0, 0.05) is 18.4 Å². The quantitative estimate of drug-likeness (QED) is 0.771. The van der Waals surface area contributed by atoms with Gasteiger partial charge in [0.05, 0.1) is 5.54 Å². The Morgan fingerprint density at radius 3 is 2.25 bits per heavy atom. The number of hydrogen-bond donors (Lipinski definition) is 0. The number of nitrogens with zero attached hydrogens (tertiary/aromatic N) is 1. The van der Waals surface area contributed by atoms with Gasteiger partial charge in [0.1, 0.15) is 11.4 Å². The van der Waals surface area contributed by atoms with Gasteiger partial charge >= 0.3 is 6.09 Å². The molecule has 20 heavy (non-hydrogen) atoms. The molecule has 1 heterocycles. The molecular formula is C16H29NO3. The van der Waals surface area contributed by atoms with Crippen LogP contribution in [0, 0.1) is 0 Å². The zero-order valence-electron chi connectivity index (χ0n) is 14.0. The molecule has 1 fully saturated rings. The molecule has 4 nitrogen and oxygen atoms in total. The fourth-order valence-corrected chi connectivity index (χ4v) is 3.37. The minimum Gasteiger partial charge on any atom is -0.444 e. The first kappa shape index (κ1) is 17.0. The van der Waals surface area contributed by atoms with Crippen molar-refractivity contribution in [2.24, 2.45) is 0 Å². The van der Waals surface area contributed by atoms with Crippen molar-refractivity contribution in [1.29, 1.82) is 0 Å². The Kier molecular flexibility index (Phi) is 4.57. The minimum atomic E-state index is -0.526. The van der Waals surface area contributed by atoms with Crippen LogP contribution in [0.3, 0.4) is 0 Å². The average molecular weight is 283 g/mol. The average Bonchev–Trinajstić information content (AvgIpc) is 2.09. The molecule has 0 saturated carbocycles. The standard InChI is InChI=1S/C16H29NO3/c1-8-9-16(7)11-12(18)10-15(5,6)17(16)13(19)20-14(2,3)4/h8-11H2,1-7H3/t16-/m0/s1. The first-order valence-electron chi connectivity index (χ1n) is 7.46. The number of ether oxygens (including phenoxy) is 1. The lowest BCUT2D eigenvalue weighted by Crippen LogP contribution is -2.64. The molecule has 0 aromatic rings. The Bertz CT molecular complexity index is 395. The Balaban J connectivity index is 3.13. The molecule has 0 N–H and O–H groups in total. The normalized spacial score (nSPS) is 26.6. The van der Waals surface area contributed by atoms with Gasteiger partial charge in [-0.2, -0.15) is 0 Å². The van der Waals surface area contributed by atoms with Crippen molar-refractivity contribution in [3.05, 3.63) is 0 Å². The number of carbonyl (C=O) groups is 2. The lowest BCUT2D eigenvalue weighted by Gasteiger charge is -2.53. The molecule has 0 aromatic carbocycles. The van der Waals surface area contributed by atoms with Gasteiger partial charge in [0.15, 0.2) is 0 Å². The summed E-state index contributed by atoms with van der Waals surface area (Å²) in [6.07, 6.45) is 2.24. The molecule has 1 saturated heterocycles. The Labute approximate surface area is 122 Å². The number of Topliss-reactive ketones (excluding diaryl/α,β-unsaturated/α-hetero) is 1. The maximum Gasteiger partial charge on any atom is 0.411 e. The van der Waals surface area contributed by atoms with Gasteiger partial charge in [-0.25, -0.2) is 4.79 Å². The zero-order chi connectivity index (χ0) is 15.8. The Hall–Kier alpha value is -1.06. The molecule has 0 aliphatic carbocycles. The van der Waals surface area contributed by atoms with Crippen LogP contribution in [-0.4, -0.2) is 33.5 Å². The number of piperidine rings is 1. The van der Waals surface area contributed by atoms with E-state index in [4.69, 9.17) is 4.74 Å². The molecule has 1 amide bonds. The number of amides is 1. The molecule has 0 aromatic heterocycles. The van der Waals surface area contributed by atoms with Crippen molar-refractivity contribution in [3.63, 3.8) is 0 Å². The van der Waals surface area contributed by atoms with Crippen molar-refractivity contribution in [2.75, 3.05) is 0 Å². The third-order valence-corrected chi connectivity index (χ3v) is 3.72. The van der Waals surface area contributed by atoms with E-state index in [2.05, 4.69) is 6.92 Å². The van der Waals surface area contributed by atoms with Gasteiger partial charge in [-0.05, 0) is 48.0 Å². The lowest BCUT2D eigenvalue weighted by molar-refractivity contribution is -0.133. The summed E-state index contributed by atoms with van der Waals surface area (Å²) in [5, 5.41) is 0. The molecular weight excluding hydrogens is 254 g/mol. The van der Waals surface area contributed by atoms with Crippen LogP contribution < -0.4 is 0 Å². The van der Waals surface area contributed by atoms with E-state index in [-0.39, 0.29) is 11.9 Å². The van der Waals surface area contributed by atoms with E-state index in [1.165, 1.54) is 0 Å². The van der Waals surface area contributed by atoms with E-state index in [9.17, 15) is 9.59 Å². The number of rotatable bonds is 2. The number of hydrogen-bond acceptors (Lipinski definition) is 3. The first-order chi connectivity index (χ1) is 8.91. The van der Waals surface area contributed by atoms with Gasteiger partial charge in [0.25, 0.3) is 0 Å². The molecule has 0 spiro atoms. The van der Waals surface area contributed by atoms with Gasteiger partial charge in [0.2, 0.25) is 0 Å². The summed E-state index contributed by atoms with van der Waals surface area (Å²) in [5.74, 6) is 0.228. The Morgan fingerprint density at radius 2 is 1.80 bits per heavy atom. The molecule has 0 radical (unpaired) electrons. The predicted octanol–water partition coefficient (Wildman–Crippen LogP) is 3.92. The fourth-order valence-electron chi connectivity index (χ4n) is 3.37. The van der Waals surface area contributed by atoms with Crippen molar-refractivity contribution in [2.45, 2.75) is 90.8 Å². The third-order valence-electron chi connectivity index (χ3n) is 3.72. The first-order valence-corrected chi connectivity index (χ1v) is 7.46. The zero-order valence-corrected chi connectivity index (χ0v) is 14.0. The van der Waals surface area contributed by atoms with Crippen molar-refractivity contribution < 1.29 is 14.3 Å². The Morgan fingerprint density at radius 1 is 1.25 bits per heavy atom. The van der Waals surface area contributed by atoms with Crippen molar-refractivity contribution in [1.82, 2.24) is 4.90 Å². The summed E-state index contributed by atoms with van der Waals surface area (Å²) >= 11 is 0. The monoisotopic (exact) mass is 283 g/mol. The van der Waals surface area contributed by atoms with E-state index < -0.39 is 16.7 Å². The van der Waals surface area contributed by atoms with E-state index in [1.54, 1.807) is 4.90 Å². The van der Waals surface area contributed by atoms with Gasteiger partial charge in [-0.1, -0.05) is 13.3 Å². The van der Waals surface area contributed by atoms with Crippen LogP contribution in [0.4, 0.5) is 4.79 Å². The highest BCUT2D eigenvalue weighted by Crippen LogP contribution is 2.40. The molecule has 0 unspecified atom stereocenters. The number of ketones is 1. The highest BCUT2D eigenvalue weighted by Gasteiger charge is 2.50. The van der Waals surface area contributed by atoms with Crippen LogP contribution in [0.25, 0.3) is 0 Å². The topological polar surface area (TPSA) is 46.6 Å². The van der Waals surface area contributed by atoms with E-state index >= 15 is 0 Å². The van der Waals surface area contributed by atoms with E-state index in [1.807, 2.05) is 41.5 Å². The molecule has 1 aliphatic rings. The fraction of sp³-hybridized carbons (Fsp3) is 0.875. The van der Waals surface area contributed by atoms with E-state index in [0.717, 1.165) is 12.8 Å². The van der Waals surface area contributed by atoms with Crippen molar-refractivity contribution in [3.8, 4) is 0 Å². The van der Waals surface area contributed by atoms with Crippen LogP contribution in [0.1, 0.15) is 74.1 Å². The predicted molar refractivity (Wildman–Crippen MR) is 79.7 cm³/mol. The maximum atomic E-state index is 12.6. The SMILES string of the molecule is CCC[C@@]1(C)CC(=O)CC(C)(C)N1C(=O)OC(C)(C)C. The van der Waals surface area contributed by atoms with Gasteiger partial charge in [-0.15, -0.1) is 0 Å². The summed E-state index contributed by atoms with van der Waals surface area (Å²) in [5.41, 5.74) is -1.47. The lowest BCUT2D eigenvalue weighted by atomic mass is 9.76. The van der Waals surface area contributed by atoms with Gasteiger partial charge in [-0.3, -0.25) is 9.69 Å². The maximum absolute atomic E-state index is 12.6. The van der Waals surface area contributed by atoms with Crippen LogP contribution in [-0.2, 0) is 9.53 Å². The van der Waals surface area contributed by atoms with Crippen LogP contribution in [0.5, 0.6) is 0 Å². The van der Waals surface area contributed by atoms with Crippen LogP contribution >= 0.6 is 0 Å². The molecule has 0 bridgehead atoms. The van der Waals surface area contributed by atoms with Crippen LogP contribution in [0.15, 0.2) is 0 Å². The highest BCUT2D eigenvalue weighted by atomic mass is 16.6. The molecule has 1 atom stereocenters. The number of carbonyl (C=O) groups excluding carboxylic acids is 2. The number of likely N-dealkylation sites (tertiary alicyclic amines) is 1. The second kappa shape index (κ2) is 5.38.